The molecule has 4 rings (SSSR count). The van der Waals surface area contributed by atoms with Crippen molar-refractivity contribution in [2.24, 2.45) is 0 Å². The van der Waals surface area contributed by atoms with E-state index < -0.39 is 10.0 Å². The summed E-state index contributed by atoms with van der Waals surface area (Å²) in [4.78, 5) is 16.9. The normalized spacial score (nSPS) is 14.9. The zero-order chi connectivity index (χ0) is 20.8. The SMILES string of the molecule is CC(=O)N1CCc2cc(S(=O)(=O)N[C@@H](C)Cc3c[nH]c4c(C)cccc34)ccc21. The zero-order valence-corrected chi connectivity index (χ0v) is 17.6. The number of H-pyrrole nitrogens is 1. The van der Waals surface area contributed by atoms with Gasteiger partial charge in [0.05, 0.1) is 4.90 Å². The number of aryl methyl sites for hydroxylation is 1. The van der Waals surface area contributed by atoms with Gasteiger partial charge < -0.3 is 9.88 Å². The fraction of sp³-hybridized carbons (Fsp3) is 0.318. The maximum Gasteiger partial charge on any atom is 0.240 e. The van der Waals surface area contributed by atoms with Crippen LogP contribution in [0.1, 0.15) is 30.5 Å². The molecule has 1 atom stereocenters. The standard InChI is InChI=1S/C22H25N3O3S/c1-14-5-4-6-20-18(13-23-22(14)20)11-15(2)24-29(27,28)19-7-8-21-17(12-19)9-10-25(21)16(3)26/h4-8,12-13,15,23-24H,9-11H2,1-3H3/t15-/m0/s1. The van der Waals surface area contributed by atoms with Crippen LogP contribution < -0.4 is 9.62 Å². The predicted molar refractivity (Wildman–Crippen MR) is 115 cm³/mol. The number of hydrogen-bond donors (Lipinski definition) is 2. The van der Waals surface area contributed by atoms with Crippen molar-refractivity contribution in [1.29, 1.82) is 0 Å². The summed E-state index contributed by atoms with van der Waals surface area (Å²) in [6, 6.07) is 10.8. The summed E-state index contributed by atoms with van der Waals surface area (Å²) in [6.45, 7) is 6.04. The van der Waals surface area contributed by atoms with Gasteiger partial charge in [-0.3, -0.25) is 4.79 Å². The molecule has 7 heteroatoms. The third kappa shape index (κ3) is 3.68. The first-order valence-corrected chi connectivity index (χ1v) is 11.2. The molecule has 0 spiro atoms. The first-order valence-electron chi connectivity index (χ1n) is 9.75. The largest absolute Gasteiger partial charge is 0.361 e. The van der Waals surface area contributed by atoms with Gasteiger partial charge in [-0.15, -0.1) is 0 Å². The monoisotopic (exact) mass is 411 g/mol. The van der Waals surface area contributed by atoms with E-state index in [-0.39, 0.29) is 16.8 Å². The van der Waals surface area contributed by atoms with E-state index in [0.717, 1.165) is 27.7 Å². The Balaban J connectivity index is 1.52. The molecule has 29 heavy (non-hydrogen) atoms. The Kier molecular flexibility index (Phi) is 4.96. The van der Waals surface area contributed by atoms with Gasteiger partial charge in [-0.1, -0.05) is 18.2 Å². The Morgan fingerprint density at radius 3 is 2.83 bits per heavy atom. The van der Waals surface area contributed by atoms with Crippen molar-refractivity contribution in [3.05, 3.63) is 59.3 Å². The number of rotatable bonds is 5. The molecular formula is C22H25N3O3S. The third-order valence-corrected chi connectivity index (χ3v) is 7.12. The van der Waals surface area contributed by atoms with Crippen molar-refractivity contribution < 1.29 is 13.2 Å². The van der Waals surface area contributed by atoms with Gasteiger partial charge in [0.15, 0.2) is 0 Å². The Bertz CT molecular complexity index is 1200. The highest BCUT2D eigenvalue weighted by Gasteiger charge is 2.25. The molecule has 1 aromatic heterocycles. The van der Waals surface area contributed by atoms with Gasteiger partial charge in [0.1, 0.15) is 0 Å². The van der Waals surface area contributed by atoms with Crippen LogP contribution in [0.3, 0.4) is 0 Å². The van der Waals surface area contributed by atoms with E-state index >= 15 is 0 Å². The molecule has 0 saturated carbocycles. The fourth-order valence-corrected chi connectivity index (χ4v) is 5.40. The first-order chi connectivity index (χ1) is 13.8. The molecule has 0 radical (unpaired) electrons. The lowest BCUT2D eigenvalue weighted by molar-refractivity contribution is -0.116. The summed E-state index contributed by atoms with van der Waals surface area (Å²) in [6.07, 6.45) is 3.21. The molecule has 1 aliphatic heterocycles. The zero-order valence-electron chi connectivity index (χ0n) is 16.8. The summed E-state index contributed by atoms with van der Waals surface area (Å²) >= 11 is 0. The minimum Gasteiger partial charge on any atom is -0.361 e. The van der Waals surface area contributed by atoms with E-state index in [1.54, 1.807) is 23.1 Å². The highest BCUT2D eigenvalue weighted by atomic mass is 32.2. The van der Waals surface area contributed by atoms with Gasteiger partial charge in [0.2, 0.25) is 15.9 Å². The number of carbonyl (C=O) groups is 1. The molecule has 0 fully saturated rings. The maximum absolute atomic E-state index is 12.9. The second-order valence-electron chi connectivity index (χ2n) is 7.75. The lowest BCUT2D eigenvalue weighted by atomic mass is 10.1. The Morgan fingerprint density at radius 2 is 2.07 bits per heavy atom. The lowest BCUT2D eigenvalue weighted by Gasteiger charge is -2.16. The highest BCUT2D eigenvalue weighted by Crippen LogP contribution is 2.30. The molecule has 2 aromatic carbocycles. The van der Waals surface area contributed by atoms with E-state index in [9.17, 15) is 13.2 Å². The summed E-state index contributed by atoms with van der Waals surface area (Å²) in [7, 11) is -3.65. The van der Waals surface area contributed by atoms with Crippen LogP contribution in [0.25, 0.3) is 10.9 Å². The van der Waals surface area contributed by atoms with Crippen LogP contribution in [0.5, 0.6) is 0 Å². The molecule has 1 amide bonds. The van der Waals surface area contributed by atoms with Crippen LogP contribution in [0.2, 0.25) is 0 Å². The Labute approximate surface area is 171 Å². The predicted octanol–water partition coefficient (Wildman–Crippen LogP) is 3.29. The lowest BCUT2D eigenvalue weighted by Crippen LogP contribution is -2.34. The molecule has 0 unspecified atom stereocenters. The molecule has 152 valence electrons. The second-order valence-corrected chi connectivity index (χ2v) is 9.46. The number of anilines is 1. The highest BCUT2D eigenvalue weighted by molar-refractivity contribution is 7.89. The minimum atomic E-state index is -3.65. The van der Waals surface area contributed by atoms with E-state index in [2.05, 4.69) is 28.8 Å². The number of nitrogens with zero attached hydrogens (tertiary/aromatic N) is 1. The summed E-state index contributed by atoms with van der Waals surface area (Å²) in [5.41, 5.74) is 5.04. The number of amides is 1. The van der Waals surface area contributed by atoms with Gasteiger partial charge in [0, 0.05) is 42.3 Å². The van der Waals surface area contributed by atoms with E-state index in [0.29, 0.717) is 19.4 Å². The molecule has 0 saturated heterocycles. The Hall–Kier alpha value is -2.64. The average Bonchev–Trinajstić information content (AvgIpc) is 3.26. The fourth-order valence-electron chi connectivity index (χ4n) is 4.11. The topological polar surface area (TPSA) is 82.3 Å². The third-order valence-electron chi connectivity index (χ3n) is 5.53. The molecule has 3 aromatic rings. The van der Waals surface area contributed by atoms with Crippen LogP contribution in [0.15, 0.2) is 47.5 Å². The Morgan fingerprint density at radius 1 is 1.28 bits per heavy atom. The van der Waals surface area contributed by atoms with Crippen LogP contribution in [0.4, 0.5) is 5.69 Å². The minimum absolute atomic E-state index is 0.0277. The average molecular weight is 412 g/mol. The molecule has 6 nitrogen and oxygen atoms in total. The van der Waals surface area contributed by atoms with Crippen molar-refractivity contribution in [2.45, 2.75) is 44.6 Å². The maximum atomic E-state index is 12.9. The van der Waals surface area contributed by atoms with Crippen LogP contribution >= 0.6 is 0 Å². The number of benzene rings is 2. The van der Waals surface area contributed by atoms with E-state index in [1.807, 2.05) is 19.2 Å². The number of sulfonamides is 1. The molecule has 0 bridgehead atoms. The van der Waals surface area contributed by atoms with Gasteiger partial charge in [-0.25, -0.2) is 13.1 Å². The number of hydrogen-bond acceptors (Lipinski definition) is 3. The van der Waals surface area contributed by atoms with Crippen molar-refractivity contribution in [2.75, 3.05) is 11.4 Å². The number of carbonyl (C=O) groups excluding carboxylic acids is 1. The number of para-hydroxylation sites is 1. The summed E-state index contributed by atoms with van der Waals surface area (Å²) in [5.74, 6) is -0.0277. The molecule has 0 aliphatic carbocycles. The smallest absolute Gasteiger partial charge is 0.240 e. The van der Waals surface area contributed by atoms with Crippen molar-refractivity contribution >= 4 is 32.5 Å². The van der Waals surface area contributed by atoms with Gasteiger partial charge in [-0.2, -0.15) is 0 Å². The number of aromatic nitrogens is 1. The molecule has 2 heterocycles. The van der Waals surface area contributed by atoms with E-state index in [1.165, 1.54) is 12.5 Å². The van der Waals surface area contributed by atoms with E-state index in [4.69, 9.17) is 0 Å². The second kappa shape index (κ2) is 7.31. The van der Waals surface area contributed by atoms with Crippen molar-refractivity contribution in [3.63, 3.8) is 0 Å². The quantitative estimate of drug-likeness (QED) is 0.676. The number of fused-ring (bicyclic) bond motifs is 2. The first kappa shape index (κ1) is 19.7. The summed E-state index contributed by atoms with van der Waals surface area (Å²) in [5, 5.41) is 1.12. The number of aromatic amines is 1. The van der Waals surface area contributed by atoms with Gasteiger partial charge in [-0.05, 0) is 61.6 Å². The molecule has 2 N–H and O–H groups in total. The van der Waals surface area contributed by atoms with Crippen LogP contribution in [-0.2, 0) is 27.7 Å². The van der Waals surface area contributed by atoms with Gasteiger partial charge in [0.25, 0.3) is 0 Å². The summed E-state index contributed by atoms with van der Waals surface area (Å²) < 4.78 is 28.6. The van der Waals surface area contributed by atoms with Crippen LogP contribution in [0, 0.1) is 6.92 Å². The van der Waals surface area contributed by atoms with Crippen LogP contribution in [-0.4, -0.2) is 31.9 Å². The molecule has 1 aliphatic rings. The van der Waals surface area contributed by atoms with Crippen molar-refractivity contribution in [3.8, 4) is 0 Å². The van der Waals surface area contributed by atoms with Gasteiger partial charge >= 0.3 is 0 Å². The number of nitrogens with one attached hydrogen (secondary N) is 2. The van der Waals surface area contributed by atoms with Crippen molar-refractivity contribution in [1.82, 2.24) is 9.71 Å². The molecular weight excluding hydrogens is 386 g/mol.